The van der Waals surface area contributed by atoms with Crippen molar-refractivity contribution in [2.45, 2.75) is 0 Å². The highest BCUT2D eigenvalue weighted by atomic mass is 16.5. The maximum absolute atomic E-state index is 7.86. The maximum Gasteiger partial charge on any atom is 0.256 e. The number of anilines is 6. The second-order valence-electron chi connectivity index (χ2n) is 26.2. The van der Waals surface area contributed by atoms with Crippen LogP contribution in [0.25, 0.3) is 99.5 Å². The summed E-state index contributed by atoms with van der Waals surface area (Å²) >= 11 is 0. The number of hydrogen-bond acceptors (Lipinski definition) is 4. The third-order valence-electron chi connectivity index (χ3n) is 21.0. The fourth-order valence-electron chi connectivity index (χ4n) is 16.9. The third-order valence-corrected chi connectivity index (χ3v) is 21.0. The van der Waals surface area contributed by atoms with Gasteiger partial charge in [0, 0.05) is 56.0 Å². The van der Waals surface area contributed by atoms with Crippen LogP contribution < -0.4 is 52.1 Å². The highest BCUT2D eigenvalue weighted by Gasteiger charge is 2.49. The quantitative estimate of drug-likeness (QED) is 0.142. The second-order valence-corrected chi connectivity index (χ2v) is 26.2. The fraction of sp³-hybridized carbons (Fsp3) is 0. The Labute approximate surface area is 567 Å². The van der Waals surface area contributed by atoms with Crippen LogP contribution in [0.2, 0.25) is 0 Å². The van der Waals surface area contributed by atoms with Gasteiger partial charge in [0.2, 0.25) is 0 Å². The van der Waals surface area contributed by atoms with Gasteiger partial charge in [-0.15, -0.1) is 0 Å². The summed E-state index contributed by atoms with van der Waals surface area (Å²) in [6.45, 7) is -0.594. The highest BCUT2D eigenvalue weighted by Crippen LogP contribution is 2.53. The van der Waals surface area contributed by atoms with Gasteiger partial charge in [-0.3, -0.25) is 0 Å². The molecule has 0 spiro atoms. The predicted molar refractivity (Wildman–Crippen MR) is 409 cm³/mol. The van der Waals surface area contributed by atoms with E-state index in [2.05, 4.69) is 359 Å². The molecule has 6 heterocycles. The molecule has 4 aliphatic heterocycles. The van der Waals surface area contributed by atoms with E-state index in [9.17, 15) is 0 Å². The minimum Gasteiger partial charge on any atom is -0.458 e. The minimum absolute atomic E-state index is 0.297. The Balaban J connectivity index is 0.923. The molecule has 0 radical (unpaired) electrons. The van der Waals surface area contributed by atoms with Crippen molar-refractivity contribution in [2.24, 2.45) is 0 Å². The summed E-state index contributed by atoms with van der Waals surface area (Å²) in [7, 11) is 0. The first-order valence-corrected chi connectivity index (χ1v) is 33.8. The van der Waals surface area contributed by atoms with Crippen molar-refractivity contribution in [1.82, 2.24) is 9.13 Å². The minimum atomic E-state index is -0.297. The van der Waals surface area contributed by atoms with E-state index in [0.717, 1.165) is 178 Å². The monoisotopic (exact) mass is 1250 g/mol. The van der Waals surface area contributed by atoms with Gasteiger partial charge in [0.15, 0.2) is 0 Å². The molecule has 0 saturated heterocycles. The Morgan fingerprint density at radius 1 is 0.235 bits per heavy atom. The fourth-order valence-corrected chi connectivity index (χ4v) is 16.9. The van der Waals surface area contributed by atoms with E-state index in [0.29, 0.717) is 0 Å². The summed E-state index contributed by atoms with van der Waals surface area (Å²) in [6.07, 6.45) is 0. The zero-order chi connectivity index (χ0) is 64.1. The first-order valence-electron chi connectivity index (χ1n) is 33.8. The lowest BCUT2D eigenvalue weighted by Gasteiger charge is -2.45. The molecule has 0 amide bonds. The molecule has 0 N–H and O–H groups in total. The number of benzene rings is 15. The Morgan fingerprint density at radius 2 is 0.592 bits per heavy atom. The van der Waals surface area contributed by atoms with E-state index in [1.54, 1.807) is 0 Å². The third kappa shape index (κ3) is 8.00. The highest BCUT2D eigenvalue weighted by molar-refractivity contribution is 7.02. The van der Waals surface area contributed by atoms with Gasteiger partial charge in [-0.1, -0.05) is 249 Å². The first kappa shape index (κ1) is 54.6. The van der Waals surface area contributed by atoms with E-state index in [-0.39, 0.29) is 13.4 Å². The van der Waals surface area contributed by atoms with Gasteiger partial charge in [0.25, 0.3) is 13.4 Å². The summed E-state index contributed by atoms with van der Waals surface area (Å²) in [5, 5.41) is 4.45. The molecule has 454 valence electrons. The van der Waals surface area contributed by atoms with Crippen LogP contribution in [0.3, 0.4) is 0 Å². The molecule has 2 aromatic heterocycles. The molecule has 0 bridgehead atoms. The van der Waals surface area contributed by atoms with Gasteiger partial charge >= 0.3 is 0 Å². The maximum atomic E-state index is 7.86. The average molecular weight is 1250 g/mol. The van der Waals surface area contributed by atoms with Gasteiger partial charge in [-0.05, 0) is 157 Å². The van der Waals surface area contributed by atoms with E-state index < -0.39 is 0 Å². The van der Waals surface area contributed by atoms with Gasteiger partial charge in [0.1, 0.15) is 23.0 Å². The molecule has 0 unspecified atom stereocenters. The Hall–Kier alpha value is -12.8. The molecule has 17 aromatic rings. The van der Waals surface area contributed by atoms with Crippen LogP contribution in [-0.4, -0.2) is 22.6 Å². The van der Waals surface area contributed by atoms with Crippen LogP contribution in [0.4, 0.5) is 34.1 Å². The van der Waals surface area contributed by atoms with Gasteiger partial charge < -0.3 is 28.4 Å². The molecule has 4 aliphatic rings. The lowest BCUT2D eigenvalue weighted by atomic mass is 9.30. The van der Waals surface area contributed by atoms with Crippen molar-refractivity contribution in [2.75, 3.05) is 9.80 Å². The van der Waals surface area contributed by atoms with Crippen molar-refractivity contribution < 1.29 is 9.47 Å². The van der Waals surface area contributed by atoms with Crippen molar-refractivity contribution in [3.8, 4) is 78.9 Å². The van der Waals surface area contributed by atoms with Gasteiger partial charge in [0.05, 0.1) is 44.2 Å². The number of ether oxygens (including phenoxy) is 2. The number of aromatic nitrogens is 2. The number of nitrogens with zero attached hydrogens (tertiary/aromatic N) is 4. The zero-order valence-electron chi connectivity index (χ0n) is 53.1. The largest absolute Gasteiger partial charge is 0.458 e. The van der Waals surface area contributed by atoms with Crippen molar-refractivity contribution in [3.05, 3.63) is 340 Å². The SMILES string of the molecule is c1ccc(-c2cc3c4c(c2)N(c2ccccc2-c2ccccc2)c2cc5c(cc2B4c2ccc4c(c2O3)c2ccccc2n4-c2ccccc2)B2c3ccc4c(c3Oc3cc(-c6ccccc6)cc(c32)N5c2ccccc2-c2ccccc2)c2ccccc2n4-c2ccccc2)cc1. The van der Waals surface area contributed by atoms with Gasteiger partial charge in [-0.2, -0.15) is 0 Å². The molecule has 0 atom stereocenters. The van der Waals surface area contributed by atoms with E-state index >= 15 is 0 Å². The second kappa shape index (κ2) is 21.4. The number of fused-ring (bicyclic) bond motifs is 16. The van der Waals surface area contributed by atoms with Crippen LogP contribution in [0, 0.1) is 0 Å². The number of para-hydroxylation sites is 6. The number of rotatable bonds is 8. The van der Waals surface area contributed by atoms with Crippen LogP contribution in [0.1, 0.15) is 0 Å². The summed E-state index contributed by atoms with van der Waals surface area (Å²) in [5.41, 5.74) is 28.7. The molecule has 0 saturated carbocycles. The summed E-state index contributed by atoms with van der Waals surface area (Å²) in [6, 6.07) is 125. The molecular weight excluding hydrogens is 1190 g/mol. The van der Waals surface area contributed by atoms with Crippen molar-refractivity contribution >= 4 is 124 Å². The standard InChI is InChI=1S/C90H56B2N4O2/c1-7-27-57(28-8-1)61-51-81-87-83(53-61)97-89-69(47-49-77-85(89)67-41-21-25-45-75(67)93(77)63-35-15-5-16-36-63)91(87)71-55-72-80(56-79(71)95(81)73-43-23-19-39-65(73)59-31-11-3-12-32-59)96(74-44-24-20-40-66(74)60-33-13-4-14-34-60)82-52-62(58-29-9-2-10-30-58)54-84-88(82)92(72)70-48-50-78-86(90(70)98-84)68-42-22-26-46-76(68)94(78)64-37-17-6-18-38-64/h1-56H. The summed E-state index contributed by atoms with van der Waals surface area (Å²) in [4.78, 5) is 5.16. The molecule has 21 rings (SSSR count). The molecule has 98 heavy (non-hydrogen) atoms. The van der Waals surface area contributed by atoms with E-state index in [1.807, 2.05) is 0 Å². The summed E-state index contributed by atoms with van der Waals surface area (Å²) in [5.74, 6) is 3.41. The van der Waals surface area contributed by atoms with Crippen LogP contribution in [0.15, 0.2) is 340 Å². The molecular formula is C90H56B2N4O2. The van der Waals surface area contributed by atoms with Crippen LogP contribution in [-0.2, 0) is 0 Å². The zero-order valence-corrected chi connectivity index (χ0v) is 53.1. The normalized spacial score (nSPS) is 13.0. The van der Waals surface area contributed by atoms with Crippen LogP contribution >= 0.6 is 0 Å². The van der Waals surface area contributed by atoms with E-state index in [1.165, 1.54) is 10.9 Å². The molecule has 0 aliphatic carbocycles. The predicted octanol–water partition coefficient (Wildman–Crippen LogP) is 19.4. The van der Waals surface area contributed by atoms with Crippen LogP contribution in [0.5, 0.6) is 23.0 Å². The Morgan fingerprint density at radius 3 is 1.01 bits per heavy atom. The molecule has 15 aromatic carbocycles. The smallest absolute Gasteiger partial charge is 0.256 e. The molecule has 6 nitrogen and oxygen atoms in total. The average Bonchev–Trinajstić information content (AvgIpc) is 0.897. The Kier molecular flexibility index (Phi) is 11.9. The molecule has 0 fully saturated rings. The lowest BCUT2D eigenvalue weighted by Crippen LogP contribution is -2.63. The van der Waals surface area contributed by atoms with Gasteiger partial charge in [-0.25, -0.2) is 0 Å². The lowest BCUT2D eigenvalue weighted by molar-refractivity contribution is 0.493. The van der Waals surface area contributed by atoms with Crippen molar-refractivity contribution in [1.29, 1.82) is 0 Å². The summed E-state index contributed by atoms with van der Waals surface area (Å²) < 4.78 is 20.5. The molecule has 8 heteroatoms. The van der Waals surface area contributed by atoms with E-state index in [4.69, 9.17) is 9.47 Å². The topological polar surface area (TPSA) is 34.8 Å². The first-order chi connectivity index (χ1) is 48.7. The van der Waals surface area contributed by atoms with Crippen molar-refractivity contribution in [3.63, 3.8) is 0 Å². The Bertz CT molecular complexity index is 5760. The number of hydrogen-bond donors (Lipinski definition) is 0.